The van der Waals surface area contributed by atoms with E-state index in [4.69, 9.17) is 0 Å². The number of aryl methyl sites for hydroxylation is 1. The molecule has 25 heavy (non-hydrogen) atoms. The number of benzene rings is 1. The second kappa shape index (κ2) is 6.21. The van der Waals surface area contributed by atoms with Crippen LogP contribution in [0.5, 0.6) is 0 Å². The van der Waals surface area contributed by atoms with Crippen molar-refractivity contribution < 1.29 is 9.59 Å². The number of fused-ring (bicyclic) bond motifs is 2. The maximum absolute atomic E-state index is 12.4. The minimum atomic E-state index is -0.377. The molecule has 0 unspecified atom stereocenters. The van der Waals surface area contributed by atoms with Crippen LogP contribution < -0.4 is 10.9 Å². The van der Waals surface area contributed by atoms with E-state index in [1.807, 2.05) is 0 Å². The van der Waals surface area contributed by atoms with Crippen LogP contribution in [0, 0.1) is 0 Å². The zero-order chi connectivity index (χ0) is 17.4. The highest BCUT2D eigenvalue weighted by molar-refractivity contribution is 7.17. The third-order valence-electron chi connectivity index (χ3n) is 4.06. The largest absolute Gasteiger partial charge is 0.300 e. The number of carbonyl (C=O) groups is 2. The zero-order valence-electron chi connectivity index (χ0n) is 13.2. The molecule has 7 nitrogen and oxygen atoms in total. The Hall–Kier alpha value is -2.87. The molecule has 3 aromatic rings. The smallest absolute Gasteiger partial charge is 0.261 e. The molecule has 0 aliphatic heterocycles. The molecular formula is C17H14N4O3S. The quantitative estimate of drug-likeness (QED) is 0.776. The molecule has 126 valence electrons. The molecule has 4 rings (SSSR count). The summed E-state index contributed by atoms with van der Waals surface area (Å²) in [6.07, 6.45) is 3.43. The Morgan fingerprint density at radius 3 is 2.92 bits per heavy atom. The topological polar surface area (TPSA) is 93.9 Å². The number of hydrogen-bond donors (Lipinski definition) is 1. The van der Waals surface area contributed by atoms with Crippen LogP contribution >= 0.6 is 11.3 Å². The third kappa shape index (κ3) is 2.96. The number of para-hydroxylation sites is 1. The SMILES string of the molecule is O=C(Cn1cnc2ccccc2c1=O)Nc1nc2c(s1)C(=O)CCC2. The van der Waals surface area contributed by atoms with Crippen LogP contribution in [0.3, 0.4) is 0 Å². The first-order valence-corrected chi connectivity index (χ1v) is 8.70. The highest BCUT2D eigenvalue weighted by Gasteiger charge is 2.22. The molecule has 1 N–H and O–H groups in total. The monoisotopic (exact) mass is 354 g/mol. The van der Waals surface area contributed by atoms with Crippen molar-refractivity contribution in [3.05, 3.63) is 51.5 Å². The standard InChI is InChI=1S/C17H14N4O3S/c22-13-7-3-6-12-15(13)25-17(19-12)20-14(23)8-21-9-18-11-5-2-1-4-10(11)16(21)24/h1-2,4-5,9H,3,6-8H2,(H,19,20,23). The summed E-state index contributed by atoms with van der Waals surface area (Å²) in [7, 11) is 0. The van der Waals surface area contributed by atoms with Gasteiger partial charge in [0.15, 0.2) is 10.9 Å². The molecule has 1 amide bonds. The minimum Gasteiger partial charge on any atom is -0.300 e. The van der Waals surface area contributed by atoms with Crippen molar-refractivity contribution in [2.75, 3.05) is 5.32 Å². The van der Waals surface area contributed by atoms with Gasteiger partial charge in [-0.1, -0.05) is 23.5 Å². The molecule has 0 atom stereocenters. The van der Waals surface area contributed by atoms with Crippen molar-refractivity contribution in [3.63, 3.8) is 0 Å². The molecule has 2 heterocycles. The van der Waals surface area contributed by atoms with Crippen LogP contribution in [0.1, 0.15) is 28.2 Å². The average Bonchev–Trinajstić information content (AvgIpc) is 3.01. The van der Waals surface area contributed by atoms with E-state index in [1.165, 1.54) is 22.2 Å². The maximum Gasteiger partial charge on any atom is 0.261 e. The Morgan fingerprint density at radius 1 is 1.24 bits per heavy atom. The van der Waals surface area contributed by atoms with Crippen molar-refractivity contribution >= 4 is 39.1 Å². The van der Waals surface area contributed by atoms with Gasteiger partial charge in [0.25, 0.3) is 5.56 Å². The second-order valence-corrected chi connectivity index (χ2v) is 6.81. The lowest BCUT2D eigenvalue weighted by Crippen LogP contribution is -2.27. The van der Waals surface area contributed by atoms with Gasteiger partial charge in [-0.3, -0.25) is 19.0 Å². The number of carbonyl (C=O) groups excluding carboxylic acids is 2. The molecule has 1 aliphatic rings. The molecule has 0 saturated heterocycles. The Morgan fingerprint density at radius 2 is 2.08 bits per heavy atom. The lowest BCUT2D eigenvalue weighted by molar-refractivity contribution is -0.116. The summed E-state index contributed by atoms with van der Waals surface area (Å²) in [5, 5.41) is 3.53. The van der Waals surface area contributed by atoms with Crippen LogP contribution in [0.25, 0.3) is 10.9 Å². The first-order chi connectivity index (χ1) is 12.1. The van der Waals surface area contributed by atoms with Gasteiger partial charge in [-0.15, -0.1) is 0 Å². The van der Waals surface area contributed by atoms with Gasteiger partial charge < -0.3 is 5.32 Å². The Bertz CT molecular complexity index is 1050. The zero-order valence-corrected chi connectivity index (χ0v) is 14.0. The van der Waals surface area contributed by atoms with E-state index in [1.54, 1.807) is 24.3 Å². The summed E-state index contributed by atoms with van der Waals surface area (Å²) in [6, 6.07) is 6.99. The van der Waals surface area contributed by atoms with Gasteiger partial charge in [0.2, 0.25) is 5.91 Å². The number of anilines is 1. The third-order valence-corrected chi connectivity index (χ3v) is 5.11. The summed E-state index contributed by atoms with van der Waals surface area (Å²) in [5.74, 6) is -0.299. The average molecular weight is 354 g/mol. The van der Waals surface area contributed by atoms with Gasteiger partial charge in [-0.05, 0) is 25.0 Å². The minimum absolute atomic E-state index is 0.0780. The lowest BCUT2D eigenvalue weighted by atomic mass is 10.0. The number of aromatic nitrogens is 3. The highest BCUT2D eigenvalue weighted by atomic mass is 32.1. The number of rotatable bonds is 3. The summed E-state index contributed by atoms with van der Waals surface area (Å²) in [4.78, 5) is 45.6. The number of nitrogens with zero attached hydrogens (tertiary/aromatic N) is 3. The van der Waals surface area contributed by atoms with Crippen LogP contribution in [0.2, 0.25) is 0 Å². The van der Waals surface area contributed by atoms with E-state index in [0.29, 0.717) is 27.3 Å². The maximum atomic E-state index is 12.4. The van der Waals surface area contributed by atoms with E-state index in [9.17, 15) is 14.4 Å². The van der Waals surface area contributed by atoms with Gasteiger partial charge in [-0.2, -0.15) is 0 Å². The van der Waals surface area contributed by atoms with Crippen molar-refractivity contribution in [3.8, 4) is 0 Å². The summed E-state index contributed by atoms with van der Waals surface area (Å²) >= 11 is 1.19. The van der Waals surface area contributed by atoms with Crippen LogP contribution in [0.4, 0.5) is 5.13 Å². The molecule has 1 aromatic carbocycles. The number of amides is 1. The van der Waals surface area contributed by atoms with Crippen molar-refractivity contribution in [2.45, 2.75) is 25.8 Å². The number of hydrogen-bond acceptors (Lipinski definition) is 6. The van der Waals surface area contributed by atoms with Crippen molar-refractivity contribution in [1.29, 1.82) is 0 Å². The van der Waals surface area contributed by atoms with E-state index in [2.05, 4.69) is 15.3 Å². The summed E-state index contributed by atoms with van der Waals surface area (Å²) in [6.45, 7) is -0.158. The lowest BCUT2D eigenvalue weighted by Gasteiger charge is -2.06. The number of thiazole rings is 1. The van der Waals surface area contributed by atoms with Crippen LogP contribution in [0.15, 0.2) is 35.4 Å². The van der Waals surface area contributed by atoms with E-state index >= 15 is 0 Å². The Balaban J connectivity index is 1.54. The molecule has 0 spiro atoms. The molecule has 2 aromatic heterocycles. The first-order valence-electron chi connectivity index (χ1n) is 7.89. The van der Waals surface area contributed by atoms with Crippen molar-refractivity contribution in [1.82, 2.24) is 14.5 Å². The van der Waals surface area contributed by atoms with E-state index in [-0.39, 0.29) is 23.8 Å². The number of Topliss-reactive ketones (excluding diaryl/α,β-unsaturated/α-hetero) is 1. The normalized spacial score (nSPS) is 13.7. The van der Waals surface area contributed by atoms with Gasteiger partial charge in [0, 0.05) is 6.42 Å². The number of nitrogens with one attached hydrogen (secondary N) is 1. The van der Waals surface area contributed by atoms with Gasteiger partial charge in [0.1, 0.15) is 6.54 Å². The molecule has 8 heteroatoms. The van der Waals surface area contributed by atoms with E-state index in [0.717, 1.165) is 18.5 Å². The highest BCUT2D eigenvalue weighted by Crippen LogP contribution is 2.29. The van der Waals surface area contributed by atoms with Crippen LogP contribution in [-0.4, -0.2) is 26.2 Å². The molecule has 0 bridgehead atoms. The predicted molar refractivity (Wildman–Crippen MR) is 94.0 cm³/mol. The molecule has 0 saturated carbocycles. The molecule has 0 fully saturated rings. The van der Waals surface area contributed by atoms with Crippen LogP contribution in [-0.2, 0) is 17.8 Å². The molecule has 1 aliphatic carbocycles. The summed E-state index contributed by atoms with van der Waals surface area (Å²) in [5.41, 5.74) is 1.07. The fourth-order valence-electron chi connectivity index (χ4n) is 2.85. The Kier molecular flexibility index (Phi) is 3.89. The number of ketones is 1. The summed E-state index contributed by atoms with van der Waals surface area (Å²) < 4.78 is 1.26. The molecular weight excluding hydrogens is 340 g/mol. The fourth-order valence-corrected chi connectivity index (χ4v) is 3.85. The predicted octanol–water partition coefficient (Wildman–Crippen LogP) is 2.01. The van der Waals surface area contributed by atoms with Gasteiger partial charge >= 0.3 is 0 Å². The van der Waals surface area contributed by atoms with E-state index < -0.39 is 0 Å². The first kappa shape index (κ1) is 15.6. The molecule has 0 radical (unpaired) electrons. The van der Waals surface area contributed by atoms with Gasteiger partial charge in [0.05, 0.1) is 27.8 Å². The fraction of sp³-hybridized carbons (Fsp3) is 0.235. The second-order valence-electron chi connectivity index (χ2n) is 5.81. The van der Waals surface area contributed by atoms with Crippen molar-refractivity contribution in [2.24, 2.45) is 0 Å². The Labute approximate surface area is 146 Å². The van der Waals surface area contributed by atoms with Gasteiger partial charge in [-0.25, -0.2) is 9.97 Å².